The van der Waals surface area contributed by atoms with Gasteiger partial charge >= 0.3 is 0 Å². The Balaban J connectivity index is 2.45. The Labute approximate surface area is 111 Å². The summed E-state index contributed by atoms with van der Waals surface area (Å²) < 4.78 is 0.919. The number of likely N-dealkylation sites (N-methyl/N-ethyl adjacent to an activating group) is 2. The van der Waals surface area contributed by atoms with E-state index in [1.54, 1.807) is 14.1 Å². The monoisotopic (exact) mass is 290 g/mol. The zero-order valence-corrected chi connectivity index (χ0v) is 11.6. The van der Waals surface area contributed by atoms with E-state index in [4.69, 9.17) is 24.4 Å². The standard InChI is InChI=1S/C8H6N2O2S4/c1-9-5(11)3(15-7(9)13)4-6(12)10(2)8(14)16-4/h1-2H3/b4-3-. The third kappa shape index (κ3) is 1.69. The zero-order chi connectivity index (χ0) is 12.0. The molecule has 2 amide bonds. The molecule has 2 heterocycles. The molecule has 2 fully saturated rings. The summed E-state index contributed by atoms with van der Waals surface area (Å²) in [5.74, 6) is -0.465. The van der Waals surface area contributed by atoms with Crippen LogP contribution in [0.25, 0.3) is 0 Å². The summed E-state index contributed by atoms with van der Waals surface area (Å²) in [7, 11) is 3.19. The van der Waals surface area contributed by atoms with Crippen molar-refractivity contribution in [1.82, 2.24) is 9.80 Å². The molecule has 0 bridgehead atoms. The first-order valence-corrected chi connectivity index (χ1v) is 6.62. The highest BCUT2D eigenvalue weighted by Gasteiger charge is 2.39. The molecule has 84 valence electrons. The van der Waals surface area contributed by atoms with Gasteiger partial charge in [-0.2, -0.15) is 0 Å². The maximum atomic E-state index is 11.8. The van der Waals surface area contributed by atoms with Gasteiger partial charge in [-0.15, -0.1) is 0 Å². The summed E-state index contributed by atoms with van der Waals surface area (Å²) in [5, 5.41) is 0. The van der Waals surface area contributed by atoms with Crippen LogP contribution in [0.4, 0.5) is 0 Å². The Morgan fingerprint density at radius 3 is 1.38 bits per heavy atom. The van der Waals surface area contributed by atoms with Crippen molar-refractivity contribution in [3.8, 4) is 0 Å². The van der Waals surface area contributed by atoms with E-state index in [9.17, 15) is 9.59 Å². The number of amides is 2. The molecule has 0 aliphatic carbocycles. The maximum absolute atomic E-state index is 11.8. The van der Waals surface area contributed by atoms with E-state index < -0.39 is 0 Å². The van der Waals surface area contributed by atoms with Crippen LogP contribution in [0.15, 0.2) is 9.81 Å². The van der Waals surface area contributed by atoms with E-state index in [-0.39, 0.29) is 11.8 Å². The summed E-state index contributed by atoms with van der Waals surface area (Å²) in [6.07, 6.45) is 0. The molecule has 2 rings (SSSR count). The molecule has 0 aromatic rings. The first kappa shape index (κ1) is 12.0. The molecule has 0 aromatic carbocycles. The zero-order valence-electron chi connectivity index (χ0n) is 8.34. The van der Waals surface area contributed by atoms with Gasteiger partial charge in [0.1, 0.15) is 8.64 Å². The fourth-order valence-corrected chi connectivity index (χ4v) is 3.67. The molecular weight excluding hydrogens is 284 g/mol. The van der Waals surface area contributed by atoms with Crippen LogP contribution in [0.3, 0.4) is 0 Å². The van der Waals surface area contributed by atoms with E-state index in [1.165, 1.54) is 9.80 Å². The smallest absolute Gasteiger partial charge is 0.267 e. The predicted molar refractivity (Wildman–Crippen MR) is 72.9 cm³/mol. The number of hydrogen-bond donors (Lipinski definition) is 0. The lowest BCUT2D eigenvalue weighted by Gasteiger charge is -2.04. The number of thiocarbonyl (C=S) groups is 2. The third-order valence-corrected chi connectivity index (χ3v) is 5.37. The SMILES string of the molecule is CN1C(=O)/C(=C2/SC(=S)N(C)C2=O)SC1=S. The summed E-state index contributed by atoms with van der Waals surface area (Å²) >= 11 is 12.3. The van der Waals surface area contributed by atoms with Gasteiger partial charge in [0, 0.05) is 14.1 Å². The summed E-state index contributed by atoms with van der Waals surface area (Å²) in [5.41, 5.74) is 0. The molecule has 2 saturated heterocycles. The van der Waals surface area contributed by atoms with Gasteiger partial charge in [0.2, 0.25) is 0 Å². The van der Waals surface area contributed by atoms with Crippen LogP contribution in [-0.4, -0.2) is 44.4 Å². The van der Waals surface area contributed by atoms with Crippen molar-refractivity contribution in [2.24, 2.45) is 0 Å². The average Bonchev–Trinajstić information content (AvgIpc) is 2.64. The molecule has 8 heteroatoms. The predicted octanol–water partition coefficient (Wildman–Crippen LogP) is 1.18. The van der Waals surface area contributed by atoms with Crippen LogP contribution in [0.5, 0.6) is 0 Å². The Hall–Kier alpha value is -0.440. The molecule has 0 radical (unpaired) electrons. The van der Waals surface area contributed by atoms with Crippen molar-refractivity contribution in [2.45, 2.75) is 0 Å². The molecule has 0 spiro atoms. The van der Waals surface area contributed by atoms with Crippen molar-refractivity contribution in [2.75, 3.05) is 14.1 Å². The molecule has 16 heavy (non-hydrogen) atoms. The lowest BCUT2D eigenvalue weighted by atomic mass is 10.4. The van der Waals surface area contributed by atoms with Gasteiger partial charge in [-0.25, -0.2) is 0 Å². The normalized spacial score (nSPS) is 26.4. The van der Waals surface area contributed by atoms with Gasteiger partial charge < -0.3 is 0 Å². The van der Waals surface area contributed by atoms with Crippen molar-refractivity contribution in [3.63, 3.8) is 0 Å². The highest BCUT2D eigenvalue weighted by atomic mass is 32.2. The lowest BCUT2D eigenvalue weighted by Crippen LogP contribution is -2.24. The molecule has 0 N–H and O–H groups in total. The lowest BCUT2D eigenvalue weighted by molar-refractivity contribution is -0.123. The van der Waals surface area contributed by atoms with Crippen molar-refractivity contribution >= 4 is 68.4 Å². The minimum Gasteiger partial charge on any atom is -0.296 e. The molecule has 0 unspecified atom stereocenters. The topological polar surface area (TPSA) is 40.6 Å². The first-order valence-electron chi connectivity index (χ1n) is 4.17. The average molecular weight is 290 g/mol. The highest BCUT2D eigenvalue weighted by molar-refractivity contribution is 8.29. The maximum Gasteiger partial charge on any atom is 0.267 e. The Bertz CT molecular complexity index is 429. The summed E-state index contributed by atoms with van der Waals surface area (Å²) in [6.45, 7) is 0. The number of hydrogen-bond acceptors (Lipinski definition) is 6. The van der Waals surface area contributed by atoms with E-state index in [0.717, 1.165) is 23.5 Å². The van der Waals surface area contributed by atoms with E-state index in [0.29, 0.717) is 18.5 Å². The summed E-state index contributed by atoms with van der Waals surface area (Å²) in [4.78, 5) is 27.1. The van der Waals surface area contributed by atoms with Crippen LogP contribution in [-0.2, 0) is 9.59 Å². The Morgan fingerprint density at radius 1 is 0.875 bits per heavy atom. The number of nitrogens with zero attached hydrogens (tertiary/aromatic N) is 2. The number of carbonyl (C=O) groups is 2. The second-order valence-electron chi connectivity index (χ2n) is 3.12. The van der Waals surface area contributed by atoms with Crippen molar-refractivity contribution in [3.05, 3.63) is 9.81 Å². The van der Waals surface area contributed by atoms with Gasteiger partial charge in [-0.05, 0) is 0 Å². The number of carbonyl (C=O) groups excluding carboxylic acids is 2. The number of rotatable bonds is 0. The van der Waals surface area contributed by atoms with Crippen LogP contribution in [0, 0.1) is 0 Å². The van der Waals surface area contributed by atoms with E-state index in [1.807, 2.05) is 0 Å². The van der Waals surface area contributed by atoms with Crippen molar-refractivity contribution < 1.29 is 9.59 Å². The van der Waals surface area contributed by atoms with Gasteiger partial charge in [0.25, 0.3) is 11.8 Å². The first-order chi connectivity index (χ1) is 7.43. The highest BCUT2D eigenvalue weighted by Crippen LogP contribution is 2.40. The van der Waals surface area contributed by atoms with Crippen LogP contribution in [0.2, 0.25) is 0 Å². The quantitative estimate of drug-likeness (QED) is 0.493. The molecule has 0 atom stereocenters. The molecule has 2 aliphatic heterocycles. The van der Waals surface area contributed by atoms with Crippen molar-refractivity contribution in [1.29, 1.82) is 0 Å². The van der Waals surface area contributed by atoms with E-state index >= 15 is 0 Å². The largest absolute Gasteiger partial charge is 0.296 e. The Morgan fingerprint density at radius 2 is 1.19 bits per heavy atom. The molecule has 2 aliphatic rings. The second kappa shape index (κ2) is 4.10. The minimum absolute atomic E-state index is 0.232. The van der Waals surface area contributed by atoms with Gasteiger partial charge in [-0.3, -0.25) is 19.4 Å². The minimum atomic E-state index is -0.232. The molecular formula is C8H6N2O2S4. The fourth-order valence-electron chi connectivity index (χ4n) is 1.16. The molecule has 0 saturated carbocycles. The second-order valence-corrected chi connectivity index (χ2v) is 6.41. The van der Waals surface area contributed by atoms with E-state index in [2.05, 4.69) is 0 Å². The van der Waals surface area contributed by atoms with Crippen LogP contribution < -0.4 is 0 Å². The van der Waals surface area contributed by atoms with Crippen LogP contribution in [0.1, 0.15) is 0 Å². The number of thioether (sulfide) groups is 2. The molecule has 4 nitrogen and oxygen atoms in total. The summed E-state index contributed by atoms with van der Waals surface area (Å²) in [6, 6.07) is 0. The van der Waals surface area contributed by atoms with Crippen LogP contribution >= 0.6 is 48.0 Å². The fraction of sp³-hybridized carbons (Fsp3) is 0.250. The van der Waals surface area contributed by atoms with Gasteiger partial charge in [0.15, 0.2) is 0 Å². The van der Waals surface area contributed by atoms with Gasteiger partial charge in [-0.1, -0.05) is 48.0 Å². The third-order valence-electron chi connectivity index (χ3n) is 2.13. The molecule has 0 aromatic heterocycles. The van der Waals surface area contributed by atoms with Gasteiger partial charge in [0.05, 0.1) is 9.81 Å². The Kier molecular flexibility index (Phi) is 3.08.